The largest absolute Gasteiger partial charge is 0.508 e. The van der Waals surface area contributed by atoms with Crippen LogP contribution < -0.4 is 4.74 Å². The Morgan fingerprint density at radius 3 is 2.00 bits per heavy atom. The van der Waals surface area contributed by atoms with Crippen LogP contribution >= 0.6 is 0 Å². The molecule has 5 nitrogen and oxygen atoms in total. The molecule has 2 aromatic carbocycles. The summed E-state index contributed by atoms with van der Waals surface area (Å²) in [6, 6.07) is 15.5. The lowest BCUT2D eigenvalue weighted by atomic mass is 9.70. The normalized spacial score (nSPS) is 26.5. The zero-order chi connectivity index (χ0) is 28.4. The molecular weight excluding hydrogens is 488 g/mol. The van der Waals surface area contributed by atoms with E-state index < -0.39 is 0 Å². The highest BCUT2D eigenvalue weighted by Gasteiger charge is 2.63. The first-order valence-electron chi connectivity index (χ1n) is 14.8. The monoisotopic (exact) mass is 536 g/mol. The van der Waals surface area contributed by atoms with E-state index in [2.05, 4.69) is 46.8 Å². The van der Waals surface area contributed by atoms with E-state index in [-0.39, 0.29) is 52.7 Å². The molecule has 2 saturated carbocycles. The summed E-state index contributed by atoms with van der Waals surface area (Å²) in [6.07, 6.45) is 4.46. The fraction of sp³-hybridized carbons (Fsp3) is 0.618. The van der Waals surface area contributed by atoms with Crippen molar-refractivity contribution in [1.82, 2.24) is 0 Å². The standard InChI is InChI=1S/C34H48O5/c1-8-37-24(4)38-30-15-11-26(12-16-30)23(3)20-27(19-22(2)25-9-13-29(35)14-10-25)32(36)39-31-21-28-17-18-34(31,7)33(28,5)6/h9-16,22-24,27-28,31,35H,8,17-21H2,1-7H3. The zero-order valence-corrected chi connectivity index (χ0v) is 24.9. The highest BCUT2D eigenvalue weighted by atomic mass is 16.7. The molecule has 214 valence electrons. The number of ether oxygens (including phenoxy) is 3. The van der Waals surface area contributed by atoms with Crippen molar-refractivity contribution in [3.8, 4) is 11.5 Å². The van der Waals surface area contributed by atoms with Gasteiger partial charge in [-0.2, -0.15) is 0 Å². The minimum absolute atomic E-state index is 0.00991. The lowest BCUT2D eigenvalue weighted by molar-refractivity contribution is -0.162. The molecule has 2 aliphatic rings. The summed E-state index contributed by atoms with van der Waals surface area (Å²) in [5.41, 5.74) is 2.54. The van der Waals surface area contributed by atoms with Gasteiger partial charge in [0, 0.05) is 12.0 Å². The fourth-order valence-corrected chi connectivity index (χ4v) is 7.10. The second kappa shape index (κ2) is 11.9. The first-order chi connectivity index (χ1) is 18.4. The lowest BCUT2D eigenvalue weighted by Gasteiger charge is -2.39. The molecule has 5 heteroatoms. The van der Waals surface area contributed by atoms with Crippen LogP contribution in [0.3, 0.4) is 0 Å². The molecule has 0 amide bonds. The molecule has 2 bridgehead atoms. The Kier molecular flexibility index (Phi) is 9.00. The van der Waals surface area contributed by atoms with Crippen molar-refractivity contribution in [3.05, 3.63) is 59.7 Å². The van der Waals surface area contributed by atoms with Crippen LogP contribution in [0.5, 0.6) is 11.5 Å². The quantitative estimate of drug-likeness (QED) is 0.219. The zero-order valence-electron chi connectivity index (χ0n) is 24.9. The molecule has 2 aliphatic carbocycles. The smallest absolute Gasteiger partial charge is 0.309 e. The van der Waals surface area contributed by atoms with E-state index in [1.54, 1.807) is 12.1 Å². The molecule has 2 aromatic rings. The topological polar surface area (TPSA) is 65.0 Å². The van der Waals surface area contributed by atoms with Crippen molar-refractivity contribution in [2.45, 2.75) is 105 Å². The number of carbonyl (C=O) groups is 1. The van der Waals surface area contributed by atoms with Crippen LogP contribution in [0.2, 0.25) is 0 Å². The van der Waals surface area contributed by atoms with Gasteiger partial charge in [-0.1, -0.05) is 58.9 Å². The summed E-state index contributed by atoms with van der Waals surface area (Å²) in [7, 11) is 0. The summed E-state index contributed by atoms with van der Waals surface area (Å²) in [4.78, 5) is 13.9. The predicted molar refractivity (Wildman–Crippen MR) is 155 cm³/mol. The van der Waals surface area contributed by atoms with Gasteiger partial charge in [0.25, 0.3) is 0 Å². The molecular formula is C34H48O5. The maximum atomic E-state index is 13.9. The Morgan fingerprint density at radius 2 is 1.51 bits per heavy atom. The van der Waals surface area contributed by atoms with Gasteiger partial charge in [0.2, 0.25) is 0 Å². The van der Waals surface area contributed by atoms with Crippen molar-refractivity contribution < 1.29 is 24.1 Å². The summed E-state index contributed by atoms with van der Waals surface area (Å²) >= 11 is 0. The predicted octanol–water partition coefficient (Wildman–Crippen LogP) is 8.22. The number of carbonyl (C=O) groups excluding carboxylic acids is 1. The Labute approximate surface area is 235 Å². The van der Waals surface area contributed by atoms with Gasteiger partial charge in [0.05, 0.1) is 5.92 Å². The van der Waals surface area contributed by atoms with Crippen molar-refractivity contribution in [3.63, 3.8) is 0 Å². The average molecular weight is 537 g/mol. The van der Waals surface area contributed by atoms with E-state index in [9.17, 15) is 9.90 Å². The van der Waals surface area contributed by atoms with E-state index in [1.165, 1.54) is 12.0 Å². The van der Waals surface area contributed by atoms with E-state index in [0.29, 0.717) is 25.4 Å². The molecule has 0 aliphatic heterocycles. The van der Waals surface area contributed by atoms with Gasteiger partial charge < -0.3 is 19.3 Å². The molecule has 7 unspecified atom stereocenters. The Bertz CT molecular complexity index is 1090. The number of esters is 1. The number of hydrogen-bond acceptors (Lipinski definition) is 5. The third-order valence-corrected chi connectivity index (χ3v) is 10.2. The molecule has 0 aromatic heterocycles. The van der Waals surface area contributed by atoms with Gasteiger partial charge in [-0.3, -0.25) is 4.79 Å². The Balaban J connectivity index is 1.48. The van der Waals surface area contributed by atoms with Crippen LogP contribution in [0.15, 0.2) is 48.5 Å². The molecule has 0 radical (unpaired) electrons. The van der Waals surface area contributed by atoms with E-state index in [4.69, 9.17) is 14.2 Å². The van der Waals surface area contributed by atoms with Crippen molar-refractivity contribution >= 4 is 5.97 Å². The fourth-order valence-electron chi connectivity index (χ4n) is 7.10. The highest BCUT2D eigenvalue weighted by molar-refractivity contribution is 5.73. The first-order valence-corrected chi connectivity index (χ1v) is 14.8. The Hall–Kier alpha value is -2.53. The van der Waals surface area contributed by atoms with Crippen LogP contribution in [0.4, 0.5) is 0 Å². The molecule has 7 atom stereocenters. The number of phenols is 1. The van der Waals surface area contributed by atoms with Crippen molar-refractivity contribution in [2.24, 2.45) is 22.7 Å². The van der Waals surface area contributed by atoms with Gasteiger partial charge in [0.1, 0.15) is 17.6 Å². The molecule has 2 fully saturated rings. The summed E-state index contributed by atoms with van der Waals surface area (Å²) < 4.78 is 17.7. The summed E-state index contributed by atoms with van der Waals surface area (Å²) in [5.74, 6) is 1.72. The van der Waals surface area contributed by atoms with Crippen LogP contribution in [0.1, 0.15) is 104 Å². The number of hydrogen-bond donors (Lipinski definition) is 1. The second-order valence-corrected chi connectivity index (χ2v) is 12.8. The van der Waals surface area contributed by atoms with Crippen LogP contribution in [0.25, 0.3) is 0 Å². The number of fused-ring (bicyclic) bond motifs is 2. The Morgan fingerprint density at radius 1 is 0.949 bits per heavy atom. The minimum Gasteiger partial charge on any atom is -0.508 e. The van der Waals surface area contributed by atoms with E-state index >= 15 is 0 Å². The van der Waals surface area contributed by atoms with Gasteiger partial charge in [0.15, 0.2) is 6.29 Å². The van der Waals surface area contributed by atoms with Crippen LogP contribution in [0, 0.1) is 22.7 Å². The molecule has 0 saturated heterocycles. The maximum Gasteiger partial charge on any atom is 0.309 e. The van der Waals surface area contributed by atoms with Crippen molar-refractivity contribution in [1.29, 1.82) is 0 Å². The van der Waals surface area contributed by atoms with Gasteiger partial charge in [-0.05, 0) is 105 Å². The summed E-state index contributed by atoms with van der Waals surface area (Å²) in [6.45, 7) is 15.8. The number of aromatic hydroxyl groups is 1. The number of rotatable bonds is 12. The average Bonchev–Trinajstić information content (AvgIpc) is 3.22. The molecule has 0 heterocycles. The van der Waals surface area contributed by atoms with E-state index in [1.807, 2.05) is 38.1 Å². The lowest BCUT2D eigenvalue weighted by Crippen LogP contribution is -2.39. The van der Waals surface area contributed by atoms with Gasteiger partial charge in [-0.25, -0.2) is 0 Å². The van der Waals surface area contributed by atoms with Crippen LogP contribution in [-0.4, -0.2) is 30.1 Å². The molecule has 4 rings (SSSR count). The second-order valence-electron chi connectivity index (χ2n) is 12.8. The molecule has 1 N–H and O–H groups in total. The van der Waals surface area contributed by atoms with E-state index in [0.717, 1.165) is 24.2 Å². The number of phenolic OH excluding ortho intramolecular Hbond substituents is 1. The first kappa shape index (κ1) is 29.5. The van der Waals surface area contributed by atoms with Crippen molar-refractivity contribution in [2.75, 3.05) is 6.61 Å². The molecule has 39 heavy (non-hydrogen) atoms. The minimum atomic E-state index is -0.295. The SMILES string of the molecule is CCOC(C)Oc1ccc(C(C)CC(CC(C)c2ccc(O)cc2)C(=O)OC2CC3CCC2(C)C3(C)C)cc1. The highest BCUT2D eigenvalue weighted by Crippen LogP contribution is 2.66. The molecule has 0 spiro atoms. The number of benzene rings is 2. The van der Waals surface area contributed by atoms with Gasteiger partial charge in [-0.15, -0.1) is 0 Å². The third kappa shape index (κ3) is 6.29. The maximum absolute atomic E-state index is 13.9. The van der Waals surface area contributed by atoms with Crippen LogP contribution in [-0.2, 0) is 14.3 Å². The third-order valence-electron chi connectivity index (χ3n) is 10.2. The van der Waals surface area contributed by atoms with Gasteiger partial charge >= 0.3 is 5.97 Å². The summed E-state index contributed by atoms with van der Waals surface area (Å²) in [5, 5.41) is 9.74.